The first-order chi connectivity index (χ1) is 16.0. The van der Waals surface area contributed by atoms with E-state index in [1.807, 2.05) is 13.1 Å². The number of nitrogens with zero attached hydrogens (tertiary/aromatic N) is 5. The molecule has 33 heavy (non-hydrogen) atoms. The van der Waals surface area contributed by atoms with Crippen molar-refractivity contribution in [3.63, 3.8) is 0 Å². The van der Waals surface area contributed by atoms with Gasteiger partial charge in [-0.05, 0) is 57.6 Å². The molecule has 0 spiro atoms. The van der Waals surface area contributed by atoms with Crippen molar-refractivity contribution in [2.45, 2.75) is 64.2 Å². The molecule has 5 rings (SSSR count). The van der Waals surface area contributed by atoms with Crippen LogP contribution in [0.1, 0.15) is 50.6 Å². The summed E-state index contributed by atoms with van der Waals surface area (Å²) in [6.07, 6.45) is 7.24. The number of pyridine rings is 2. The fourth-order valence-corrected chi connectivity index (χ4v) is 4.90. The molecular formula is C24H31FN6O2. The number of aryl methyl sites for hydroxylation is 1. The SMILES string of the molecule is CCNc1cc2c(cn1)c(N1CC[C@@H](O)C1)nn2C1CCC(Oc2nccc(C)c2F)CC1. The van der Waals surface area contributed by atoms with Gasteiger partial charge in [0.25, 0.3) is 5.88 Å². The summed E-state index contributed by atoms with van der Waals surface area (Å²) < 4.78 is 22.4. The number of aromatic nitrogens is 4. The molecule has 1 atom stereocenters. The van der Waals surface area contributed by atoms with E-state index in [1.54, 1.807) is 19.2 Å². The van der Waals surface area contributed by atoms with Crippen molar-refractivity contribution in [3.05, 3.63) is 35.9 Å². The zero-order valence-corrected chi connectivity index (χ0v) is 19.2. The Kier molecular flexibility index (Phi) is 6.05. The molecule has 176 valence electrons. The normalized spacial score (nSPS) is 23.3. The van der Waals surface area contributed by atoms with E-state index in [9.17, 15) is 9.50 Å². The van der Waals surface area contributed by atoms with Crippen molar-refractivity contribution < 1.29 is 14.2 Å². The highest BCUT2D eigenvalue weighted by Crippen LogP contribution is 2.37. The fraction of sp³-hybridized carbons (Fsp3) is 0.542. The van der Waals surface area contributed by atoms with Crippen LogP contribution in [0.5, 0.6) is 5.88 Å². The number of anilines is 2. The number of hydrogen-bond donors (Lipinski definition) is 2. The van der Waals surface area contributed by atoms with Crippen molar-refractivity contribution in [2.24, 2.45) is 0 Å². The first-order valence-electron chi connectivity index (χ1n) is 11.9. The minimum Gasteiger partial charge on any atom is -0.472 e. The van der Waals surface area contributed by atoms with Crippen LogP contribution in [0, 0.1) is 12.7 Å². The lowest BCUT2D eigenvalue weighted by atomic mass is 9.93. The van der Waals surface area contributed by atoms with Gasteiger partial charge >= 0.3 is 0 Å². The summed E-state index contributed by atoms with van der Waals surface area (Å²) in [5, 5.41) is 19.4. The summed E-state index contributed by atoms with van der Waals surface area (Å²) in [6, 6.07) is 3.94. The number of β-amino-alcohol motifs (C(OH)–C–C–N with tert-alkyl or cyclic N) is 1. The van der Waals surface area contributed by atoms with Crippen molar-refractivity contribution in [2.75, 3.05) is 29.9 Å². The molecule has 1 saturated heterocycles. The number of hydrogen-bond acceptors (Lipinski definition) is 7. The van der Waals surface area contributed by atoms with Gasteiger partial charge in [0, 0.05) is 38.1 Å². The Morgan fingerprint density at radius 1 is 1.21 bits per heavy atom. The Balaban J connectivity index is 1.37. The van der Waals surface area contributed by atoms with Gasteiger partial charge in [-0.3, -0.25) is 4.68 Å². The van der Waals surface area contributed by atoms with Crippen LogP contribution in [0.3, 0.4) is 0 Å². The second kappa shape index (κ2) is 9.13. The molecule has 3 aromatic heterocycles. The molecule has 0 radical (unpaired) electrons. The van der Waals surface area contributed by atoms with Gasteiger partial charge in [0.1, 0.15) is 11.9 Å². The summed E-state index contributed by atoms with van der Waals surface area (Å²) >= 11 is 0. The third-order valence-corrected chi connectivity index (χ3v) is 6.71. The minimum atomic E-state index is -0.376. The van der Waals surface area contributed by atoms with E-state index < -0.39 is 0 Å². The average Bonchev–Trinajstić information content (AvgIpc) is 3.41. The lowest BCUT2D eigenvalue weighted by Crippen LogP contribution is -2.27. The number of rotatable bonds is 6. The average molecular weight is 455 g/mol. The highest BCUT2D eigenvalue weighted by molar-refractivity contribution is 5.91. The van der Waals surface area contributed by atoms with Crippen molar-refractivity contribution in [3.8, 4) is 5.88 Å². The number of fused-ring (bicyclic) bond motifs is 1. The van der Waals surface area contributed by atoms with Crippen LogP contribution in [0.15, 0.2) is 24.5 Å². The van der Waals surface area contributed by atoms with Gasteiger partial charge in [0.2, 0.25) is 0 Å². The quantitative estimate of drug-likeness (QED) is 0.585. The van der Waals surface area contributed by atoms with Crippen LogP contribution in [-0.2, 0) is 0 Å². The van der Waals surface area contributed by atoms with Crippen molar-refractivity contribution >= 4 is 22.5 Å². The molecule has 0 bridgehead atoms. The van der Waals surface area contributed by atoms with Gasteiger partial charge in [-0.25, -0.2) is 14.4 Å². The molecule has 0 unspecified atom stereocenters. The molecule has 1 aliphatic carbocycles. The zero-order valence-electron chi connectivity index (χ0n) is 19.2. The zero-order chi connectivity index (χ0) is 22.9. The van der Waals surface area contributed by atoms with Crippen LogP contribution >= 0.6 is 0 Å². The summed E-state index contributed by atoms with van der Waals surface area (Å²) in [4.78, 5) is 10.8. The highest BCUT2D eigenvalue weighted by Gasteiger charge is 2.30. The van der Waals surface area contributed by atoms with Gasteiger partial charge in [-0.15, -0.1) is 0 Å². The Bertz CT molecular complexity index is 1130. The number of nitrogens with one attached hydrogen (secondary N) is 1. The molecule has 2 N–H and O–H groups in total. The second-order valence-electron chi connectivity index (χ2n) is 9.07. The van der Waals surface area contributed by atoms with E-state index in [0.717, 1.165) is 67.7 Å². The highest BCUT2D eigenvalue weighted by atomic mass is 19.1. The maximum absolute atomic E-state index is 14.3. The number of aliphatic hydroxyl groups excluding tert-OH is 1. The summed E-state index contributed by atoms with van der Waals surface area (Å²) in [5.41, 5.74) is 1.59. The second-order valence-corrected chi connectivity index (χ2v) is 9.07. The molecule has 2 fully saturated rings. The Labute approximate surface area is 192 Å². The van der Waals surface area contributed by atoms with E-state index in [2.05, 4.69) is 30.9 Å². The maximum Gasteiger partial charge on any atom is 0.250 e. The van der Waals surface area contributed by atoms with Gasteiger partial charge in [0.05, 0.1) is 23.0 Å². The van der Waals surface area contributed by atoms with E-state index in [4.69, 9.17) is 9.84 Å². The summed E-state index contributed by atoms with van der Waals surface area (Å²) in [7, 11) is 0. The largest absolute Gasteiger partial charge is 0.472 e. The molecule has 0 amide bonds. The van der Waals surface area contributed by atoms with Gasteiger partial charge in [-0.1, -0.05) is 0 Å². The molecular weight excluding hydrogens is 423 g/mol. The molecule has 1 saturated carbocycles. The third kappa shape index (κ3) is 4.34. The lowest BCUT2D eigenvalue weighted by Gasteiger charge is -2.29. The monoisotopic (exact) mass is 454 g/mol. The lowest BCUT2D eigenvalue weighted by molar-refractivity contribution is 0.120. The van der Waals surface area contributed by atoms with Crippen molar-refractivity contribution in [1.82, 2.24) is 19.7 Å². The predicted octanol–water partition coefficient (Wildman–Crippen LogP) is 3.84. The molecule has 9 heteroatoms. The van der Waals surface area contributed by atoms with E-state index >= 15 is 0 Å². The third-order valence-electron chi connectivity index (χ3n) is 6.71. The number of ether oxygens (including phenoxy) is 1. The standard InChI is InChI=1S/C24H31FN6O2/c1-3-26-21-12-20-19(13-28-21)23(30-11-9-17(32)14-30)29-31(20)16-4-6-18(7-5-16)33-24-22(25)15(2)8-10-27-24/h8,10,12-13,16-18,32H,3-7,9,11,14H2,1-2H3,(H,26,28)/t16?,17-,18?/m1/s1. The first kappa shape index (κ1) is 21.9. The smallest absolute Gasteiger partial charge is 0.250 e. The van der Waals surface area contributed by atoms with Crippen LogP contribution in [0.4, 0.5) is 16.0 Å². The topological polar surface area (TPSA) is 88.3 Å². The first-order valence-corrected chi connectivity index (χ1v) is 11.9. The Hall–Kier alpha value is -2.94. The van der Waals surface area contributed by atoms with Crippen LogP contribution in [0.2, 0.25) is 0 Å². The predicted molar refractivity (Wildman–Crippen MR) is 125 cm³/mol. The Morgan fingerprint density at radius 2 is 2.03 bits per heavy atom. The molecule has 4 heterocycles. The van der Waals surface area contributed by atoms with Gasteiger partial charge in [-0.2, -0.15) is 5.10 Å². The van der Waals surface area contributed by atoms with Gasteiger partial charge in [0.15, 0.2) is 11.6 Å². The van der Waals surface area contributed by atoms with Crippen LogP contribution in [-0.4, -0.2) is 56.7 Å². The van der Waals surface area contributed by atoms with Crippen LogP contribution < -0.4 is 15.0 Å². The number of aliphatic hydroxyl groups is 1. The molecule has 0 aromatic carbocycles. The van der Waals surface area contributed by atoms with E-state index in [1.165, 1.54) is 0 Å². The fourth-order valence-electron chi connectivity index (χ4n) is 4.90. The van der Waals surface area contributed by atoms with E-state index in [-0.39, 0.29) is 29.9 Å². The van der Waals surface area contributed by atoms with E-state index in [0.29, 0.717) is 12.1 Å². The molecule has 1 aliphatic heterocycles. The minimum absolute atomic E-state index is 0.0564. The molecule has 3 aromatic rings. The Morgan fingerprint density at radius 3 is 2.76 bits per heavy atom. The molecule has 2 aliphatic rings. The molecule has 8 nitrogen and oxygen atoms in total. The summed E-state index contributed by atoms with van der Waals surface area (Å²) in [5.74, 6) is 1.44. The number of halogens is 1. The van der Waals surface area contributed by atoms with Gasteiger partial charge < -0.3 is 20.1 Å². The summed E-state index contributed by atoms with van der Waals surface area (Å²) in [6.45, 7) is 5.95. The van der Waals surface area contributed by atoms with Crippen molar-refractivity contribution in [1.29, 1.82) is 0 Å². The van der Waals surface area contributed by atoms with Crippen LogP contribution in [0.25, 0.3) is 10.9 Å². The maximum atomic E-state index is 14.3.